The van der Waals surface area contributed by atoms with Crippen molar-refractivity contribution in [3.05, 3.63) is 54.1 Å². The summed E-state index contributed by atoms with van der Waals surface area (Å²) >= 11 is 0. The summed E-state index contributed by atoms with van der Waals surface area (Å²) in [5.41, 5.74) is 2.36. The van der Waals surface area contributed by atoms with Crippen molar-refractivity contribution in [2.24, 2.45) is 5.92 Å². The summed E-state index contributed by atoms with van der Waals surface area (Å²) in [5, 5.41) is 3.40. The Hall–Kier alpha value is -2.16. The van der Waals surface area contributed by atoms with Gasteiger partial charge in [-0.1, -0.05) is 58.9 Å². The lowest BCUT2D eigenvalue weighted by Gasteiger charge is -2.22. The topological polar surface area (TPSA) is 30.5 Å². The molecule has 0 aliphatic rings. The molecule has 0 atom stereocenters. The van der Waals surface area contributed by atoms with Gasteiger partial charge in [0.1, 0.15) is 18.1 Å². The zero-order chi connectivity index (χ0) is 18.3. The maximum absolute atomic E-state index is 6.00. The van der Waals surface area contributed by atoms with Gasteiger partial charge in [0.25, 0.3) is 0 Å². The van der Waals surface area contributed by atoms with Gasteiger partial charge in [-0.05, 0) is 35.1 Å². The van der Waals surface area contributed by atoms with Crippen molar-refractivity contribution in [2.45, 2.75) is 40.0 Å². The van der Waals surface area contributed by atoms with Crippen LogP contribution in [0.5, 0.6) is 11.5 Å². The van der Waals surface area contributed by atoms with E-state index in [9.17, 15) is 0 Å². The number of hydrogen-bond donors (Lipinski definition) is 1. The number of para-hydroxylation sites is 1. The van der Waals surface area contributed by atoms with Crippen LogP contribution in [0.1, 0.15) is 40.2 Å². The van der Waals surface area contributed by atoms with Crippen LogP contribution in [0, 0.1) is 5.92 Å². The highest BCUT2D eigenvalue weighted by Crippen LogP contribution is 2.30. The number of hydrogen-bond acceptors (Lipinski definition) is 3. The maximum atomic E-state index is 6.00. The van der Waals surface area contributed by atoms with E-state index >= 15 is 0 Å². The van der Waals surface area contributed by atoms with Gasteiger partial charge in [0.15, 0.2) is 0 Å². The van der Waals surface area contributed by atoms with E-state index in [4.69, 9.17) is 9.47 Å². The number of ether oxygens (including phenoxy) is 2. The smallest absolute Gasteiger partial charge is 0.123 e. The number of rotatable bonds is 8. The minimum atomic E-state index is 0.0755. The van der Waals surface area contributed by atoms with Crippen LogP contribution in [0.2, 0.25) is 0 Å². The Morgan fingerprint density at radius 3 is 2.44 bits per heavy atom. The van der Waals surface area contributed by atoms with Crippen LogP contribution >= 0.6 is 0 Å². The SMILES string of the molecule is CC(C)COc1cccc(NCCOc2ccccc2C(C)(C)C)c1. The van der Waals surface area contributed by atoms with Gasteiger partial charge in [0.2, 0.25) is 0 Å². The third kappa shape index (κ3) is 6.33. The Morgan fingerprint density at radius 1 is 0.960 bits per heavy atom. The van der Waals surface area contributed by atoms with E-state index < -0.39 is 0 Å². The lowest BCUT2D eigenvalue weighted by Crippen LogP contribution is -2.16. The fourth-order valence-electron chi connectivity index (χ4n) is 2.53. The van der Waals surface area contributed by atoms with Crippen LogP contribution in [-0.2, 0) is 5.41 Å². The second-order valence-electron chi connectivity index (χ2n) is 7.75. The van der Waals surface area contributed by atoms with Crippen molar-refractivity contribution in [1.29, 1.82) is 0 Å². The molecule has 1 N–H and O–H groups in total. The Bertz CT molecular complexity index is 659. The van der Waals surface area contributed by atoms with E-state index in [2.05, 4.69) is 52.1 Å². The van der Waals surface area contributed by atoms with Crippen molar-refractivity contribution in [3.63, 3.8) is 0 Å². The van der Waals surface area contributed by atoms with Gasteiger partial charge in [0, 0.05) is 18.3 Å². The standard InChI is InChI=1S/C22H31NO2/c1-17(2)16-25-19-10-8-9-18(15-19)23-13-14-24-21-12-7-6-11-20(21)22(3,4)5/h6-12,15,17,23H,13-14,16H2,1-5H3. The molecule has 2 aromatic rings. The third-order valence-corrected chi connectivity index (χ3v) is 3.80. The first-order valence-corrected chi connectivity index (χ1v) is 9.05. The molecule has 0 spiro atoms. The van der Waals surface area contributed by atoms with Crippen molar-refractivity contribution in [3.8, 4) is 11.5 Å². The van der Waals surface area contributed by atoms with Gasteiger partial charge in [0.05, 0.1) is 6.61 Å². The Kier molecular flexibility index (Phi) is 6.74. The summed E-state index contributed by atoms with van der Waals surface area (Å²) in [6.45, 7) is 13.0. The average Bonchev–Trinajstić information content (AvgIpc) is 2.57. The van der Waals surface area contributed by atoms with Crippen molar-refractivity contribution < 1.29 is 9.47 Å². The molecule has 2 rings (SSSR count). The minimum Gasteiger partial charge on any atom is -0.493 e. The van der Waals surface area contributed by atoms with Crippen molar-refractivity contribution >= 4 is 5.69 Å². The minimum absolute atomic E-state index is 0.0755. The highest BCUT2D eigenvalue weighted by molar-refractivity contribution is 5.48. The molecule has 0 saturated carbocycles. The molecule has 3 nitrogen and oxygen atoms in total. The van der Waals surface area contributed by atoms with Crippen LogP contribution in [-0.4, -0.2) is 19.8 Å². The van der Waals surface area contributed by atoms with Gasteiger partial charge in [-0.3, -0.25) is 0 Å². The molecule has 2 aromatic carbocycles. The summed E-state index contributed by atoms with van der Waals surface area (Å²) in [6, 6.07) is 16.3. The summed E-state index contributed by atoms with van der Waals surface area (Å²) in [6.07, 6.45) is 0. The van der Waals surface area contributed by atoms with E-state index in [0.717, 1.165) is 30.3 Å². The normalized spacial score (nSPS) is 11.4. The molecule has 0 amide bonds. The molecule has 0 heterocycles. The van der Waals surface area contributed by atoms with Gasteiger partial charge in [-0.2, -0.15) is 0 Å². The monoisotopic (exact) mass is 341 g/mol. The first kappa shape index (κ1) is 19.2. The number of nitrogens with one attached hydrogen (secondary N) is 1. The molecule has 0 unspecified atom stereocenters. The molecule has 0 aliphatic heterocycles. The van der Waals surface area contributed by atoms with E-state index in [1.807, 2.05) is 36.4 Å². The maximum Gasteiger partial charge on any atom is 0.123 e. The molecule has 0 aliphatic carbocycles. The number of anilines is 1. The Labute approximate surface area is 152 Å². The molecular weight excluding hydrogens is 310 g/mol. The van der Waals surface area contributed by atoms with Crippen LogP contribution in [0.3, 0.4) is 0 Å². The highest BCUT2D eigenvalue weighted by Gasteiger charge is 2.18. The molecular formula is C22H31NO2. The van der Waals surface area contributed by atoms with Crippen LogP contribution < -0.4 is 14.8 Å². The fourth-order valence-corrected chi connectivity index (χ4v) is 2.53. The van der Waals surface area contributed by atoms with Gasteiger partial charge in [-0.25, -0.2) is 0 Å². The molecule has 136 valence electrons. The van der Waals surface area contributed by atoms with Gasteiger partial charge >= 0.3 is 0 Å². The Morgan fingerprint density at radius 2 is 1.72 bits per heavy atom. The van der Waals surface area contributed by atoms with Crippen LogP contribution in [0.15, 0.2) is 48.5 Å². The zero-order valence-corrected chi connectivity index (χ0v) is 16.1. The lowest BCUT2D eigenvalue weighted by molar-refractivity contribution is 0.271. The summed E-state index contributed by atoms with van der Waals surface area (Å²) < 4.78 is 11.8. The van der Waals surface area contributed by atoms with E-state index in [1.165, 1.54) is 5.56 Å². The highest BCUT2D eigenvalue weighted by atomic mass is 16.5. The van der Waals surface area contributed by atoms with Crippen LogP contribution in [0.4, 0.5) is 5.69 Å². The van der Waals surface area contributed by atoms with Crippen molar-refractivity contribution in [2.75, 3.05) is 25.1 Å². The number of benzene rings is 2. The predicted molar refractivity (Wildman–Crippen MR) is 106 cm³/mol. The summed E-state index contributed by atoms with van der Waals surface area (Å²) in [7, 11) is 0. The third-order valence-electron chi connectivity index (χ3n) is 3.80. The molecule has 0 radical (unpaired) electrons. The van der Waals surface area contributed by atoms with Crippen LogP contribution in [0.25, 0.3) is 0 Å². The largest absolute Gasteiger partial charge is 0.493 e. The summed E-state index contributed by atoms with van der Waals surface area (Å²) in [5.74, 6) is 2.39. The molecule has 3 heteroatoms. The Balaban J connectivity index is 1.85. The second kappa shape index (κ2) is 8.80. The van der Waals surface area contributed by atoms with E-state index in [1.54, 1.807) is 0 Å². The second-order valence-corrected chi connectivity index (χ2v) is 7.75. The predicted octanol–water partition coefficient (Wildman–Crippen LogP) is 5.51. The van der Waals surface area contributed by atoms with Crippen molar-refractivity contribution in [1.82, 2.24) is 0 Å². The molecule has 0 bridgehead atoms. The van der Waals surface area contributed by atoms with Gasteiger partial charge in [-0.15, -0.1) is 0 Å². The first-order valence-electron chi connectivity index (χ1n) is 9.05. The average molecular weight is 341 g/mol. The van der Waals surface area contributed by atoms with E-state index in [0.29, 0.717) is 12.5 Å². The zero-order valence-electron chi connectivity index (χ0n) is 16.1. The molecule has 0 fully saturated rings. The van der Waals surface area contributed by atoms with Gasteiger partial charge < -0.3 is 14.8 Å². The first-order chi connectivity index (χ1) is 11.9. The molecule has 0 aromatic heterocycles. The fraction of sp³-hybridized carbons (Fsp3) is 0.455. The molecule has 0 saturated heterocycles. The lowest BCUT2D eigenvalue weighted by atomic mass is 9.86. The molecule has 25 heavy (non-hydrogen) atoms. The summed E-state index contributed by atoms with van der Waals surface area (Å²) in [4.78, 5) is 0. The van der Waals surface area contributed by atoms with E-state index in [-0.39, 0.29) is 5.41 Å². The quantitative estimate of drug-likeness (QED) is 0.642.